The van der Waals surface area contributed by atoms with Gasteiger partial charge in [-0.25, -0.2) is 4.98 Å². The van der Waals surface area contributed by atoms with Gasteiger partial charge < -0.3 is 0 Å². The summed E-state index contributed by atoms with van der Waals surface area (Å²) in [4.78, 5) is 15.8. The number of nitrogens with zero attached hydrogens (tertiary/aromatic N) is 4. The van der Waals surface area contributed by atoms with Crippen LogP contribution in [0.1, 0.15) is 49.9 Å². The Morgan fingerprint density at radius 3 is 1.87 bits per heavy atom. The van der Waals surface area contributed by atoms with Gasteiger partial charge in [-0.2, -0.15) is 9.97 Å². The number of rotatable bonds is 3. The smallest absolute Gasteiger partial charge is 0.238 e. The predicted octanol–water partition coefficient (Wildman–Crippen LogP) is 12.1. The van der Waals surface area contributed by atoms with E-state index in [1.54, 1.807) is 0 Å². The van der Waals surface area contributed by atoms with Crippen molar-refractivity contribution in [1.29, 1.82) is 0 Å². The number of hydrogen-bond acceptors (Lipinski definition) is 3. The molecule has 0 spiro atoms. The van der Waals surface area contributed by atoms with Crippen LogP contribution in [0.5, 0.6) is 0 Å². The quantitative estimate of drug-likeness (QED) is 0.187. The molecule has 0 aliphatic heterocycles. The van der Waals surface area contributed by atoms with Crippen LogP contribution in [0.4, 0.5) is 0 Å². The van der Waals surface area contributed by atoms with Gasteiger partial charge in [0.1, 0.15) is 0 Å². The summed E-state index contributed by atoms with van der Waals surface area (Å²) >= 11 is 0. The molecule has 0 radical (unpaired) electrons. The molecule has 4 heteroatoms. The first-order chi connectivity index (χ1) is 25.8. The Morgan fingerprint density at radius 1 is 0.434 bits per heavy atom. The molecule has 4 nitrogen and oxygen atoms in total. The highest BCUT2D eigenvalue weighted by atomic mass is 15.2. The molecule has 0 N–H and O–H groups in total. The van der Waals surface area contributed by atoms with Gasteiger partial charge in [0.15, 0.2) is 11.6 Å². The molecule has 2 heterocycles. The van der Waals surface area contributed by atoms with E-state index in [0.29, 0.717) is 17.6 Å². The van der Waals surface area contributed by atoms with E-state index in [1.165, 1.54) is 66.1 Å². The summed E-state index contributed by atoms with van der Waals surface area (Å²) in [6.45, 7) is 9.34. The Bertz CT molecular complexity index is 3000. The second-order valence-corrected chi connectivity index (χ2v) is 15.7. The van der Waals surface area contributed by atoms with Crippen molar-refractivity contribution in [3.63, 3.8) is 0 Å². The van der Waals surface area contributed by atoms with Crippen LogP contribution in [0.3, 0.4) is 0 Å². The molecule has 252 valence electrons. The Labute approximate surface area is 308 Å². The third kappa shape index (κ3) is 4.09. The largest absolute Gasteiger partial charge is 0.278 e. The molecule has 53 heavy (non-hydrogen) atoms. The highest BCUT2D eigenvalue weighted by molar-refractivity contribution is 6.24. The zero-order valence-corrected chi connectivity index (χ0v) is 30.1. The van der Waals surface area contributed by atoms with Gasteiger partial charge in [0.05, 0.1) is 11.0 Å². The van der Waals surface area contributed by atoms with Crippen LogP contribution < -0.4 is 0 Å². The molecule has 2 aliphatic carbocycles. The van der Waals surface area contributed by atoms with Crippen molar-refractivity contribution in [3.8, 4) is 51.0 Å². The van der Waals surface area contributed by atoms with E-state index in [0.717, 1.165) is 22.2 Å². The molecule has 0 saturated heterocycles. The number of para-hydroxylation sites is 1. The van der Waals surface area contributed by atoms with E-state index < -0.39 is 0 Å². The zero-order chi connectivity index (χ0) is 35.6. The van der Waals surface area contributed by atoms with Crippen LogP contribution >= 0.6 is 0 Å². The average Bonchev–Trinajstić information content (AvgIpc) is 3.64. The molecule has 11 rings (SSSR count). The third-order valence-corrected chi connectivity index (χ3v) is 12.0. The lowest BCUT2D eigenvalue weighted by Crippen LogP contribution is -2.23. The van der Waals surface area contributed by atoms with Gasteiger partial charge in [0, 0.05) is 38.3 Å². The second kappa shape index (κ2) is 10.6. The molecule has 2 aromatic heterocycles. The minimum atomic E-state index is -0.140. The van der Waals surface area contributed by atoms with Crippen LogP contribution in [0, 0.1) is 0 Å². The lowest BCUT2D eigenvalue weighted by Gasteiger charge is -2.35. The summed E-state index contributed by atoms with van der Waals surface area (Å²) in [5, 5.41) is 4.96. The van der Waals surface area contributed by atoms with Crippen LogP contribution in [-0.4, -0.2) is 19.5 Å². The van der Waals surface area contributed by atoms with Crippen LogP contribution in [0.2, 0.25) is 0 Å². The van der Waals surface area contributed by atoms with E-state index in [-0.39, 0.29) is 10.8 Å². The minimum absolute atomic E-state index is 0.130. The molecule has 0 atom stereocenters. The molecule has 2 aliphatic rings. The Morgan fingerprint density at radius 2 is 1.06 bits per heavy atom. The average molecular weight is 681 g/mol. The van der Waals surface area contributed by atoms with Gasteiger partial charge in [0.25, 0.3) is 0 Å². The molecule has 9 aromatic rings. The van der Waals surface area contributed by atoms with Crippen molar-refractivity contribution in [2.45, 2.75) is 38.5 Å². The molecule has 7 aromatic carbocycles. The summed E-state index contributed by atoms with van der Waals surface area (Å²) < 4.78 is 2.26. The van der Waals surface area contributed by atoms with Crippen molar-refractivity contribution in [2.24, 2.45) is 0 Å². The molecule has 0 unspecified atom stereocenters. The molecule has 0 saturated carbocycles. The maximum Gasteiger partial charge on any atom is 0.238 e. The zero-order valence-electron chi connectivity index (χ0n) is 30.1. The SMILES string of the molecule is CC1(C)c2ccccc2-c2ccc(-c3nc(-c4ccccc4)nc(-n4c5ccccc5c5c6c7c(cccc7cc54)C(C)(C)c4ccccc4-6)n3)cc21. The van der Waals surface area contributed by atoms with Gasteiger partial charge in [0.2, 0.25) is 5.95 Å². The summed E-state index contributed by atoms with van der Waals surface area (Å²) in [7, 11) is 0. The number of benzene rings is 7. The number of aromatic nitrogens is 4. The van der Waals surface area contributed by atoms with E-state index in [1.807, 2.05) is 18.2 Å². The van der Waals surface area contributed by atoms with Gasteiger partial charge in [-0.1, -0.05) is 155 Å². The van der Waals surface area contributed by atoms with E-state index in [9.17, 15) is 0 Å². The lowest BCUT2D eigenvalue weighted by atomic mass is 9.68. The van der Waals surface area contributed by atoms with E-state index in [4.69, 9.17) is 15.0 Å². The molecule has 0 amide bonds. The molecular formula is C49H36N4. The van der Waals surface area contributed by atoms with Crippen molar-refractivity contribution >= 4 is 32.6 Å². The van der Waals surface area contributed by atoms with Crippen LogP contribution in [0.25, 0.3) is 83.6 Å². The predicted molar refractivity (Wildman–Crippen MR) is 218 cm³/mol. The maximum absolute atomic E-state index is 5.37. The minimum Gasteiger partial charge on any atom is -0.278 e. The number of fused-ring (bicyclic) bond motifs is 9. The summed E-state index contributed by atoms with van der Waals surface area (Å²) in [6.07, 6.45) is 0. The van der Waals surface area contributed by atoms with E-state index in [2.05, 4.69) is 160 Å². The van der Waals surface area contributed by atoms with Gasteiger partial charge in [-0.15, -0.1) is 0 Å². The fourth-order valence-corrected chi connectivity index (χ4v) is 9.45. The van der Waals surface area contributed by atoms with Crippen LogP contribution in [-0.2, 0) is 10.8 Å². The molecule has 0 bridgehead atoms. The Kier molecular flexibility index (Phi) is 6.04. The third-order valence-electron chi connectivity index (χ3n) is 12.0. The monoisotopic (exact) mass is 680 g/mol. The van der Waals surface area contributed by atoms with Crippen molar-refractivity contribution < 1.29 is 0 Å². The first-order valence-corrected chi connectivity index (χ1v) is 18.5. The fraction of sp³-hybridized carbons (Fsp3) is 0.122. The van der Waals surface area contributed by atoms with Crippen LogP contribution in [0.15, 0.2) is 146 Å². The Balaban J connectivity index is 1.23. The number of hydrogen-bond donors (Lipinski definition) is 0. The maximum atomic E-state index is 5.37. The summed E-state index contributed by atoms with van der Waals surface area (Å²) in [6, 6.07) is 52.5. The van der Waals surface area contributed by atoms with Gasteiger partial charge in [-0.05, 0) is 67.9 Å². The molecule has 0 fully saturated rings. The normalized spacial score (nSPS) is 14.7. The van der Waals surface area contributed by atoms with Gasteiger partial charge in [-0.3, -0.25) is 4.57 Å². The summed E-state index contributed by atoms with van der Waals surface area (Å²) in [5.74, 6) is 1.91. The lowest BCUT2D eigenvalue weighted by molar-refractivity contribution is 0.645. The highest BCUT2D eigenvalue weighted by Gasteiger charge is 2.37. The van der Waals surface area contributed by atoms with Crippen molar-refractivity contribution in [1.82, 2.24) is 19.5 Å². The molecular weight excluding hydrogens is 645 g/mol. The Hall–Kier alpha value is -6.39. The fourth-order valence-electron chi connectivity index (χ4n) is 9.45. The summed E-state index contributed by atoms with van der Waals surface area (Å²) in [5.41, 5.74) is 14.3. The standard InChI is InChI=1S/C49H36N4/c1-48(2)37-22-12-9-19-34(37)44-42-30(17-14-23-38(42)48)28-41-43(44)35-20-10-13-24-40(35)53(41)47-51-45(29-15-6-5-7-16-29)50-46(52-47)31-25-26-33-32-18-8-11-21-36(32)49(3,4)39(33)27-31/h5-28H,1-4H3. The van der Waals surface area contributed by atoms with Crippen molar-refractivity contribution in [2.75, 3.05) is 0 Å². The second-order valence-electron chi connectivity index (χ2n) is 15.7. The topological polar surface area (TPSA) is 43.6 Å². The van der Waals surface area contributed by atoms with E-state index >= 15 is 0 Å². The highest BCUT2D eigenvalue weighted by Crippen LogP contribution is 2.53. The first-order valence-electron chi connectivity index (χ1n) is 18.5. The van der Waals surface area contributed by atoms with Crippen molar-refractivity contribution in [3.05, 3.63) is 168 Å². The first kappa shape index (κ1) is 30.3. The van der Waals surface area contributed by atoms with Gasteiger partial charge >= 0.3 is 0 Å².